The second-order valence-corrected chi connectivity index (χ2v) is 11.4. The van der Waals surface area contributed by atoms with Crippen molar-refractivity contribution in [2.45, 2.75) is 77.0 Å². The average Bonchev–Trinajstić information content (AvgIpc) is 3.49. The molecule has 1 saturated heterocycles. The zero-order valence-electron chi connectivity index (χ0n) is 23.0. The van der Waals surface area contributed by atoms with Crippen molar-refractivity contribution < 1.29 is 33.6 Å². The fourth-order valence-electron chi connectivity index (χ4n) is 7.65. The summed E-state index contributed by atoms with van der Waals surface area (Å²) in [6.45, 7) is 8.45. The Hall–Kier alpha value is -2.42. The summed E-state index contributed by atoms with van der Waals surface area (Å²) in [7, 11) is 1.58. The number of hydrogen-bond acceptors (Lipinski definition) is 7. The summed E-state index contributed by atoms with van der Waals surface area (Å²) in [6, 6.07) is 3.40. The van der Waals surface area contributed by atoms with E-state index in [0.29, 0.717) is 12.1 Å². The zero-order chi connectivity index (χ0) is 27.2. The van der Waals surface area contributed by atoms with Crippen LogP contribution in [0.4, 0.5) is 0 Å². The summed E-state index contributed by atoms with van der Waals surface area (Å²) in [5.74, 6) is -2.41. The molecule has 208 valence electrons. The van der Waals surface area contributed by atoms with E-state index in [1.807, 2.05) is 6.92 Å². The minimum atomic E-state index is -0.919. The third-order valence-electron chi connectivity index (χ3n) is 9.36. The Balaban J connectivity index is 1.61. The van der Waals surface area contributed by atoms with E-state index >= 15 is 0 Å². The van der Waals surface area contributed by atoms with Gasteiger partial charge in [0.1, 0.15) is 29.6 Å². The van der Waals surface area contributed by atoms with Gasteiger partial charge in [-0.25, -0.2) is 4.79 Å². The van der Waals surface area contributed by atoms with Gasteiger partial charge in [-0.1, -0.05) is 45.4 Å². The van der Waals surface area contributed by atoms with Gasteiger partial charge in [-0.15, -0.1) is 0 Å². The van der Waals surface area contributed by atoms with E-state index in [0.717, 1.165) is 18.4 Å². The number of cyclic esters (lactones) is 1. The first-order chi connectivity index (χ1) is 18.3. The molecule has 1 aromatic heterocycles. The van der Waals surface area contributed by atoms with Gasteiger partial charge in [0.25, 0.3) is 0 Å². The van der Waals surface area contributed by atoms with E-state index < -0.39 is 41.7 Å². The van der Waals surface area contributed by atoms with Crippen molar-refractivity contribution >= 4 is 11.9 Å². The number of aliphatic hydroxyl groups is 1. The summed E-state index contributed by atoms with van der Waals surface area (Å²) >= 11 is 0. The van der Waals surface area contributed by atoms with Crippen LogP contribution < -0.4 is 0 Å². The first-order valence-electron chi connectivity index (χ1n) is 14.0. The Morgan fingerprint density at radius 3 is 2.71 bits per heavy atom. The molecular formula is C30H41NO7. The van der Waals surface area contributed by atoms with Crippen LogP contribution in [0, 0.1) is 35.5 Å². The Morgan fingerprint density at radius 2 is 2.05 bits per heavy atom. The summed E-state index contributed by atoms with van der Waals surface area (Å²) in [6.07, 6.45) is 8.00. The van der Waals surface area contributed by atoms with E-state index in [1.165, 1.54) is 0 Å². The number of ether oxygens (including phenoxy) is 4. The highest BCUT2D eigenvalue weighted by molar-refractivity contribution is 5.87. The lowest BCUT2D eigenvalue weighted by Crippen LogP contribution is -2.59. The number of aliphatic hydroxyl groups excluding tert-OH is 1. The van der Waals surface area contributed by atoms with Crippen molar-refractivity contribution in [3.63, 3.8) is 0 Å². The second kappa shape index (κ2) is 10.6. The number of esters is 2. The fourth-order valence-corrected chi connectivity index (χ4v) is 7.65. The van der Waals surface area contributed by atoms with Crippen LogP contribution >= 0.6 is 0 Å². The van der Waals surface area contributed by atoms with Crippen LogP contribution in [0.2, 0.25) is 0 Å². The molecule has 1 saturated carbocycles. The standard InChI is InChI=1S/C30H41NO7/c1-6-9-23-16(3)14-17(4)30-21(18(7-2)28(33)36-23)12-11-19-24(30)25(32)20(15-35-5)26(27(19)38-30)37-29(34)22-10-8-13-31-22/h8,10-14,16,18-21,23-27,31-32H,6-7,9,15H2,1-5H3/b17-14+/t16-,18-,19-,20-,21-,23-,24+,25-,26-,27-,30+/m1/s1. The fraction of sp³-hybridized carbons (Fsp3) is 0.667. The number of H-pyrrole nitrogens is 1. The van der Waals surface area contributed by atoms with Crippen molar-refractivity contribution in [1.29, 1.82) is 0 Å². The summed E-state index contributed by atoms with van der Waals surface area (Å²) in [5.41, 5.74) is 0.424. The summed E-state index contributed by atoms with van der Waals surface area (Å²) in [5, 5.41) is 12.0. The van der Waals surface area contributed by atoms with Gasteiger partial charge in [0, 0.05) is 42.9 Å². The monoisotopic (exact) mass is 527 g/mol. The van der Waals surface area contributed by atoms with Crippen molar-refractivity contribution in [3.8, 4) is 0 Å². The lowest BCUT2D eigenvalue weighted by atomic mass is 9.56. The smallest absolute Gasteiger partial charge is 0.355 e. The molecule has 0 aromatic carbocycles. The number of hydrogen-bond donors (Lipinski definition) is 2. The molecule has 2 aliphatic carbocycles. The van der Waals surface area contributed by atoms with Crippen molar-refractivity contribution in [1.82, 2.24) is 4.98 Å². The third kappa shape index (κ3) is 4.16. The van der Waals surface area contributed by atoms with Crippen LogP contribution in [0.25, 0.3) is 0 Å². The van der Waals surface area contributed by atoms with Gasteiger partial charge in [0.2, 0.25) is 0 Å². The van der Waals surface area contributed by atoms with Gasteiger partial charge in [0.15, 0.2) is 0 Å². The molecule has 0 radical (unpaired) electrons. The quantitative estimate of drug-likeness (QED) is 0.407. The molecule has 8 heteroatoms. The van der Waals surface area contributed by atoms with Gasteiger partial charge in [-0.05, 0) is 37.5 Å². The largest absolute Gasteiger partial charge is 0.462 e. The Bertz CT molecular complexity index is 1080. The molecule has 4 aliphatic rings. The highest BCUT2D eigenvalue weighted by atomic mass is 16.6. The van der Waals surface area contributed by atoms with Crippen LogP contribution in [0.15, 0.2) is 42.1 Å². The third-order valence-corrected chi connectivity index (χ3v) is 9.36. The predicted octanol–water partition coefficient (Wildman–Crippen LogP) is 4.07. The normalized spacial score (nSPS) is 43.2. The molecular weight excluding hydrogens is 486 g/mol. The molecule has 8 nitrogen and oxygen atoms in total. The molecule has 38 heavy (non-hydrogen) atoms. The number of carbonyl (C=O) groups excluding carboxylic acids is 2. The second-order valence-electron chi connectivity index (χ2n) is 11.4. The van der Waals surface area contributed by atoms with Gasteiger partial charge in [-0.3, -0.25) is 4.79 Å². The predicted molar refractivity (Wildman–Crippen MR) is 140 cm³/mol. The topological polar surface area (TPSA) is 107 Å². The summed E-state index contributed by atoms with van der Waals surface area (Å²) < 4.78 is 24.8. The van der Waals surface area contributed by atoms with Gasteiger partial charge < -0.3 is 29.0 Å². The Labute approximate surface area is 224 Å². The molecule has 0 unspecified atom stereocenters. The van der Waals surface area contributed by atoms with Crippen molar-refractivity contribution in [2.75, 3.05) is 13.7 Å². The van der Waals surface area contributed by atoms with Crippen LogP contribution in [-0.4, -0.2) is 65.8 Å². The Kier molecular flexibility index (Phi) is 7.59. The minimum Gasteiger partial charge on any atom is -0.462 e. The summed E-state index contributed by atoms with van der Waals surface area (Å²) in [4.78, 5) is 29.6. The first kappa shape index (κ1) is 27.2. The molecule has 1 aromatic rings. The minimum absolute atomic E-state index is 0.00800. The number of carbonyl (C=O) groups is 2. The maximum absolute atomic E-state index is 13.6. The number of aromatic amines is 1. The van der Waals surface area contributed by atoms with Crippen LogP contribution in [0.1, 0.15) is 57.4 Å². The van der Waals surface area contributed by atoms with Crippen molar-refractivity contribution in [2.24, 2.45) is 35.5 Å². The maximum atomic E-state index is 13.6. The van der Waals surface area contributed by atoms with Crippen LogP contribution in [0.3, 0.4) is 0 Å². The maximum Gasteiger partial charge on any atom is 0.355 e. The zero-order valence-corrected chi connectivity index (χ0v) is 23.0. The van der Waals surface area contributed by atoms with E-state index in [1.54, 1.807) is 25.4 Å². The molecule has 1 spiro atoms. The van der Waals surface area contributed by atoms with E-state index in [-0.39, 0.29) is 42.4 Å². The van der Waals surface area contributed by atoms with E-state index in [4.69, 9.17) is 18.9 Å². The molecule has 4 bridgehead atoms. The van der Waals surface area contributed by atoms with E-state index in [2.05, 4.69) is 44.0 Å². The number of nitrogens with one attached hydrogen (secondary N) is 1. The van der Waals surface area contributed by atoms with Gasteiger partial charge >= 0.3 is 11.9 Å². The Morgan fingerprint density at radius 1 is 1.26 bits per heavy atom. The molecule has 2 aliphatic heterocycles. The van der Waals surface area contributed by atoms with Crippen LogP contribution in [0.5, 0.6) is 0 Å². The van der Waals surface area contributed by atoms with Gasteiger partial charge in [-0.2, -0.15) is 0 Å². The molecule has 2 N–H and O–H groups in total. The average molecular weight is 528 g/mol. The lowest BCUT2D eigenvalue weighted by molar-refractivity contribution is -0.162. The first-order valence-corrected chi connectivity index (χ1v) is 14.0. The van der Waals surface area contributed by atoms with Gasteiger partial charge in [0.05, 0.1) is 18.6 Å². The SMILES string of the molecule is CCC[C@H]1OC(=O)[C@H](CC)[C@H]2C=C[C@H]3[C@H]4O[C@]2(/C(C)=C/[C@H]1C)[C@@H]3[C@H](O)[C@@H](COC)[C@H]4OC(=O)c1ccc[nH]1. The molecule has 5 rings (SSSR count). The molecule has 0 amide bonds. The molecule has 3 heterocycles. The lowest BCUT2D eigenvalue weighted by Gasteiger charge is -2.49. The van der Waals surface area contributed by atoms with Crippen LogP contribution in [-0.2, 0) is 23.7 Å². The highest BCUT2D eigenvalue weighted by Gasteiger charge is 2.70. The number of rotatable bonds is 7. The number of aromatic nitrogens is 1. The van der Waals surface area contributed by atoms with Crippen molar-refractivity contribution in [3.05, 3.63) is 47.8 Å². The number of methoxy groups -OCH3 is 1. The molecule has 11 atom stereocenters. The van der Waals surface area contributed by atoms with E-state index in [9.17, 15) is 14.7 Å². The highest BCUT2D eigenvalue weighted by Crippen LogP contribution is 2.62. The molecule has 2 fully saturated rings.